The predicted octanol–water partition coefficient (Wildman–Crippen LogP) is 2.74. The van der Waals surface area contributed by atoms with Gasteiger partial charge in [0, 0.05) is 0 Å². The first-order valence-electron chi connectivity index (χ1n) is 4.02. The standard InChI is InChI=1S/C9H8ClNOS/c10-6-1-4-13-7(6)8(12)9(5-11)2-3-9/h1,4,8,12H,2-3H2. The summed E-state index contributed by atoms with van der Waals surface area (Å²) in [6.45, 7) is 0. The summed E-state index contributed by atoms with van der Waals surface area (Å²) < 4.78 is 0. The van der Waals surface area contributed by atoms with Crippen LogP contribution in [0.3, 0.4) is 0 Å². The molecule has 0 radical (unpaired) electrons. The molecule has 2 rings (SSSR count). The van der Waals surface area contributed by atoms with Gasteiger partial charge in [0.05, 0.1) is 21.4 Å². The number of nitriles is 1. The molecule has 1 atom stereocenters. The lowest BCUT2D eigenvalue weighted by molar-refractivity contribution is 0.126. The van der Waals surface area contributed by atoms with Crippen molar-refractivity contribution < 1.29 is 5.11 Å². The van der Waals surface area contributed by atoms with Crippen molar-refractivity contribution in [2.75, 3.05) is 0 Å². The minimum atomic E-state index is -0.704. The van der Waals surface area contributed by atoms with Gasteiger partial charge in [0.1, 0.15) is 6.10 Å². The molecule has 68 valence electrons. The molecule has 0 aromatic carbocycles. The number of hydrogen-bond donors (Lipinski definition) is 1. The Bertz CT molecular complexity index is 364. The van der Waals surface area contributed by atoms with Crippen LogP contribution in [0.5, 0.6) is 0 Å². The molecule has 0 aliphatic heterocycles. The zero-order valence-corrected chi connectivity index (χ0v) is 8.40. The second-order valence-electron chi connectivity index (χ2n) is 3.30. The highest BCUT2D eigenvalue weighted by molar-refractivity contribution is 7.10. The fourth-order valence-corrected chi connectivity index (χ4v) is 2.59. The number of rotatable bonds is 2. The van der Waals surface area contributed by atoms with Crippen LogP contribution >= 0.6 is 22.9 Å². The van der Waals surface area contributed by atoms with Crippen LogP contribution in [-0.4, -0.2) is 5.11 Å². The van der Waals surface area contributed by atoms with Gasteiger partial charge < -0.3 is 5.11 Å². The number of hydrogen-bond acceptors (Lipinski definition) is 3. The van der Waals surface area contributed by atoms with Crippen LogP contribution in [0.4, 0.5) is 0 Å². The Hall–Kier alpha value is -0.560. The van der Waals surface area contributed by atoms with Gasteiger partial charge in [-0.25, -0.2) is 0 Å². The first-order valence-corrected chi connectivity index (χ1v) is 5.27. The van der Waals surface area contributed by atoms with Crippen LogP contribution in [0.25, 0.3) is 0 Å². The van der Waals surface area contributed by atoms with Gasteiger partial charge in [-0.05, 0) is 24.3 Å². The minimum absolute atomic E-state index is 0.547. The Balaban J connectivity index is 2.29. The summed E-state index contributed by atoms with van der Waals surface area (Å²) in [6.07, 6.45) is 0.850. The average molecular weight is 214 g/mol. The van der Waals surface area contributed by atoms with Gasteiger partial charge in [-0.15, -0.1) is 11.3 Å². The topological polar surface area (TPSA) is 44.0 Å². The van der Waals surface area contributed by atoms with Crippen LogP contribution in [0.2, 0.25) is 5.02 Å². The molecule has 1 fully saturated rings. The molecular weight excluding hydrogens is 206 g/mol. The lowest BCUT2D eigenvalue weighted by atomic mass is 10.0. The van der Waals surface area contributed by atoms with E-state index in [1.165, 1.54) is 11.3 Å². The Kier molecular flexibility index (Phi) is 2.07. The first kappa shape index (κ1) is 9.01. The Morgan fingerprint density at radius 2 is 2.38 bits per heavy atom. The third-order valence-electron chi connectivity index (χ3n) is 2.43. The largest absolute Gasteiger partial charge is 0.386 e. The maximum Gasteiger partial charge on any atom is 0.108 e. The van der Waals surface area contributed by atoms with E-state index in [-0.39, 0.29) is 0 Å². The van der Waals surface area contributed by atoms with Gasteiger partial charge in [0.15, 0.2) is 0 Å². The van der Waals surface area contributed by atoms with Gasteiger partial charge in [-0.2, -0.15) is 5.26 Å². The van der Waals surface area contributed by atoms with E-state index >= 15 is 0 Å². The fourth-order valence-electron chi connectivity index (χ4n) is 1.33. The third kappa shape index (κ3) is 1.35. The zero-order chi connectivity index (χ0) is 9.47. The van der Waals surface area contributed by atoms with Crippen molar-refractivity contribution >= 4 is 22.9 Å². The van der Waals surface area contributed by atoms with E-state index in [2.05, 4.69) is 6.07 Å². The normalized spacial score (nSPS) is 20.7. The van der Waals surface area contributed by atoms with Crippen LogP contribution in [0.15, 0.2) is 11.4 Å². The van der Waals surface area contributed by atoms with Crippen molar-refractivity contribution in [3.8, 4) is 6.07 Å². The molecule has 1 aliphatic rings. The van der Waals surface area contributed by atoms with Gasteiger partial charge in [-0.3, -0.25) is 0 Å². The number of halogens is 1. The molecule has 1 N–H and O–H groups in total. The summed E-state index contributed by atoms with van der Waals surface area (Å²) in [6, 6.07) is 3.91. The van der Waals surface area contributed by atoms with E-state index in [0.717, 1.165) is 17.7 Å². The Labute approximate surface area is 85.4 Å². The second kappa shape index (κ2) is 2.98. The van der Waals surface area contributed by atoms with Crippen molar-refractivity contribution in [2.24, 2.45) is 5.41 Å². The molecule has 0 bridgehead atoms. The van der Waals surface area contributed by atoms with Gasteiger partial charge >= 0.3 is 0 Å². The maximum atomic E-state index is 9.88. The second-order valence-corrected chi connectivity index (χ2v) is 4.66. The monoisotopic (exact) mass is 213 g/mol. The summed E-state index contributed by atoms with van der Waals surface area (Å²) in [5.74, 6) is 0. The van der Waals surface area contributed by atoms with Crippen molar-refractivity contribution in [2.45, 2.75) is 18.9 Å². The summed E-state index contributed by atoms with van der Waals surface area (Å²) in [5.41, 5.74) is -0.547. The smallest absolute Gasteiger partial charge is 0.108 e. The van der Waals surface area contributed by atoms with E-state index in [4.69, 9.17) is 16.9 Å². The summed E-state index contributed by atoms with van der Waals surface area (Å²) in [5, 5.41) is 21.1. The SMILES string of the molecule is N#CC1(C(O)c2sccc2Cl)CC1. The van der Waals surface area contributed by atoms with Gasteiger partial charge in [0.25, 0.3) is 0 Å². The highest BCUT2D eigenvalue weighted by atomic mass is 35.5. The molecule has 0 amide bonds. The lowest BCUT2D eigenvalue weighted by Gasteiger charge is -2.13. The minimum Gasteiger partial charge on any atom is -0.386 e. The number of aliphatic hydroxyl groups is 1. The van der Waals surface area contributed by atoms with Gasteiger partial charge in [-0.1, -0.05) is 11.6 Å². The van der Waals surface area contributed by atoms with E-state index in [9.17, 15) is 5.11 Å². The first-order chi connectivity index (χ1) is 6.19. The van der Waals surface area contributed by atoms with E-state index in [1.807, 2.05) is 5.38 Å². The van der Waals surface area contributed by atoms with E-state index in [1.54, 1.807) is 6.07 Å². The molecule has 1 unspecified atom stereocenters. The fraction of sp³-hybridized carbons (Fsp3) is 0.444. The average Bonchev–Trinajstić information content (AvgIpc) is 2.83. The number of nitrogens with zero attached hydrogens (tertiary/aromatic N) is 1. The zero-order valence-electron chi connectivity index (χ0n) is 6.83. The van der Waals surface area contributed by atoms with E-state index in [0.29, 0.717) is 5.02 Å². The molecule has 2 nitrogen and oxygen atoms in total. The molecule has 13 heavy (non-hydrogen) atoms. The predicted molar refractivity (Wildman–Crippen MR) is 51.6 cm³/mol. The number of thiophene rings is 1. The van der Waals surface area contributed by atoms with Crippen LogP contribution < -0.4 is 0 Å². The van der Waals surface area contributed by atoms with Crippen LogP contribution in [0, 0.1) is 16.7 Å². The summed E-state index contributed by atoms with van der Waals surface area (Å²) in [7, 11) is 0. The summed E-state index contributed by atoms with van der Waals surface area (Å²) in [4.78, 5) is 0.723. The van der Waals surface area contributed by atoms with Crippen molar-refractivity contribution in [1.29, 1.82) is 5.26 Å². The molecule has 1 saturated carbocycles. The molecule has 1 aromatic rings. The Morgan fingerprint density at radius 1 is 1.69 bits per heavy atom. The molecule has 0 spiro atoms. The molecule has 1 heterocycles. The molecular formula is C9H8ClNOS. The van der Waals surface area contributed by atoms with Crippen molar-refractivity contribution in [3.05, 3.63) is 21.3 Å². The van der Waals surface area contributed by atoms with Crippen molar-refractivity contribution in [1.82, 2.24) is 0 Å². The number of aliphatic hydroxyl groups excluding tert-OH is 1. The lowest BCUT2D eigenvalue weighted by Crippen LogP contribution is -2.10. The van der Waals surface area contributed by atoms with Crippen molar-refractivity contribution in [3.63, 3.8) is 0 Å². The molecule has 4 heteroatoms. The molecule has 1 aliphatic carbocycles. The summed E-state index contributed by atoms with van der Waals surface area (Å²) >= 11 is 7.27. The highest BCUT2D eigenvalue weighted by Crippen LogP contribution is 2.56. The quantitative estimate of drug-likeness (QED) is 0.821. The molecule has 1 aromatic heterocycles. The third-order valence-corrected chi connectivity index (χ3v) is 3.84. The van der Waals surface area contributed by atoms with Crippen LogP contribution in [0.1, 0.15) is 23.8 Å². The maximum absolute atomic E-state index is 9.88. The van der Waals surface area contributed by atoms with Gasteiger partial charge in [0.2, 0.25) is 0 Å². The Morgan fingerprint density at radius 3 is 2.77 bits per heavy atom. The van der Waals surface area contributed by atoms with Crippen LogP contribution in [-0.2, 0) is 0 Å². The highest BCUT2D eigenvalue weighted by Gasteiger charge is 2.51. The van der Waals surface area contributed by atoms with E-state index < -0.39 is 11.5 Å². The molecule has 0 saturated heterocycles.